The molecule has 1 heterocycles. The number of hydrogen-bond acceptors (Lipinski definition) is 2. The molecule has 2 aromatic rings. The summed E-state index contributed by atoms with van der Waals surface area (Å²) >= 11 is 1.92. The average molecular weight is 272 g/mol. The molecule has 0 saturated carbocycles. The number of aromatic nitrogens is 2. The SMILES string of the molecule is O=c1[nH]c2ccccc2nc1I. The second-order valence-electron chi connectivity index (χ2n) is 2.37. The molecule has 0 aliphatic carbocycles. The second kappa shape index (κ2) is 2.85. The number of nitrogens with zero attached hydrogens (tertiary/aromatic N) is 1. The van der Waals surface area contributed by atoms with Crippen molar-refractivity contribution in [1.82, 2.24) is 9.97 Å². The summed E-state index contributed by atoms with van der Waals surface area (Å²) in [5.74, 6) is 0. The first-order valence-electron chi connectivity index (χ1n) is 3.42. The Bertz CT molecular complexity index is 478. The normalized spacial score (nSPS) is 10.4. The molecular formula is C8H5IN2O. The van der Waals surface area contributed by atoms with Gasteiger partial charge in [0.05, 0.1) is 11.0 Å². The van der Waals surface area contributed by atoms with Gasteiger partial charge in [0.15, 0.2) is 3.70 Å². The lowest BCUT2D eigenvalue weighted by Gasteiger charge is -1.95. The standard InChI is InChI=1S/C8H5IN2O/c9-7-8(12)11-6-4-2-1-3-5(6)10-7/h1-4H,(H,11,12). The Hall–Kier alpha value is -0.910. The second-order valence-corrected chi connectivity index (χ2v) is 3.40. The van der Waals surface area contributed by atoms with Gasteiger partial charge in [0, 0.05) is 0 Å². The van der Waals surface area contributed by atoms with Crippen molar-refractivity contribution in [2.45, 2.75) is 0 Å². The number of fused-ring (bicyclic) bond motifs is 1. The highest BCUT2D eigenvalue weighted by atomic mass is 127. The Morgan fingerprint density at radius 1 is 1.33 bits per heavy atom. The summed E-state index contributed by atoms with van der Waals surface area (Å²) in [5, 5.41) is 0. The molecule has 1 N–H and O–H groups in total. The van der Waals surface area contributed by atoms with E-state index in [0.29, 0.717) is 3.70 Å². The molecule has 4 heteroatoms. The van der Waals surface area contributed by atoms with E-state index in [1.54, 1.807) is 0 Å². The van der Waals surface area contributed by atoms with E-state index < -0.39 is 0 Å². The van der Waals surface area contributed by atoms with Crippen LogP contribution in [0.25, 0.3) is 11.0 Å². The summed E-state index contributed by atoms with van der Waals surface area (Å²) in [4.78, 5) is 18.0. The zero-order valence-corrected chi connectivity index (χ0v) is 8.20. The fourth-order valence-electron chi connectivity index (χ4n) is 1.01. The van der Waals surface area contributed by atoms with E-state index in [1.165, 1.54) is 0 Å². The van der Waals surface area contributed by atoms with Gasteiger partial charge in [0.25, 0.3) is 5.56 Å². The molecule has 12 heavy (non-hydrogen) atoms. The van der Waals surface area contributed by atoms with Gasteiger partial charge in [0.2, 0.25) is 0 Å². The molecule has 3 nitrogen and oxygen atoms in total. The van der Waals surface area contributed by atoms with Gasteiger partial charge >= 0.3 is 0 Å². The van der Waals surface area contributed by atoms with E-state index in [-0.39, 0.29) is 5.56 Å². The third kappa shape index (κ3) is 1.22. The quantitative estimate of drug-likeness (QED) is 0.739. The number of H-pyrrole nitrogens is 1. The van der Waals surface area contributed by atoms with Crippen LogP contribution in [0.1, 0.15) is 0 Å². The monoisotopic (exact) mass is 272 g/mol. The third-order valence-corrected chi connectivity index (χ3v) is 2.29. The van der Waals surface area contributed by atoms with Gasteiger partial charge in [0.1, 0.15) is 0 Å². The van der Waals surface area contributed by atoms with E-state index in [2.05, 4.69) is 9.97 Å². The lowest BCUT2D eigenvalue weighted by atomic mass is 10.3. The Kier molecular flexibility index (Phi) is 1.84. The first-order valence-corrected chi connectivity index (χ1v) is 4.50. The van der Waals surface area contributed by atoms with Crippen LogP contribution in [0.3, 0.4) is 0 Å². The van der Waals surface area contributed by atoms with E-state index >= 15 is 0 Å². The topological polar surface area (TPSA) is 45.8 Å². The van der Waals surface area contributed by atoms with Gasteiger partial charge in [-0.1, -0.05) is 12.1 Å². The number of rotatable bonds is 0. The molecule has 0 unspecified atom stereocenters. The highest BCUT2D eigenvalue weighted by Gasteiger charge is 1.98. The zero-order valence-electron chi connectivity index (χ0n) is 6.04. The van der Waals surface area contributed by atoms with Crippen LogP contribution in [0.2, 0.25) is 0 Å². The largest absolute Gasteiger partial charge is 0.318 e. The van der Waals surface area contributed by atoms with Crippen molar-refractivity contribution in [3.8, 4) is 0 Å². The van der Waals surface area contributed by atoms with E-state index in [9.17, 15) is 4.79 Å². The summed E-state index contributed by atoms with van der Waals surface area (Å²) in [6.45, 7) is 0. The van der Waals surface area contributed by atoms with Gasteiger partial charge < -0.3 is 4.98 Å². The summed E-state index contributed by atoms with van der Waals surface area (Å²) in [5.41, 5.74) is 1.47. The molecule has 0 spiro atoms. The Morgan fingerprint density at radius 3 is 2.92 bits per heavy atom. The van der Waals surface area contributed by atoms with Crippen molar-refractivity contribution in [3.05, 3.63) is 38.3 Å². The minimum Gasteiger partial charge on any atom is -0.318 e. The summed E-state index contributed by atoms with van der Waals surface area (Å²) in [6.07, 6.45) is 0. The third-order valence-electron chi connectivity index (χ3n) is 1.56. The maximum absolute atomic E-state index is 11.1. The zero-order chi connectivity index (χ0) is 8.55. The van der Waals surface area contributed by atoms with E-state index in [0.717, 1.165) is 11.0 Å². The van der Waals surface area contributed by atoms with Crippen molar-refractivity contribution >= 4 is 33.6 Å². The maximum Gasteiger partial charge on any atom is 0.280 e. The molecule has 60 valence electrons. The van der Waals surface area contributed by atoms with Crippen molar-refractivity contribution in [2.75, 3.05) is 0 Å². The highest BCUT2D eigenvalue weighted by Crippen LogP contribution is 2.06. The molecule has 0 amide bonds. The van der Waals surface area contributed by atoms with Gasteiger partial charge in [-0.2, -0.15) is 0 Å². The van der Waals surface area contributed by atoms with Crippen LogP contribution in [0.15, 0.2) is 29.1 Å². The number of aromatic amines is 1. The number of para-hydroxylation sites is 2. The van der Waals surface area contributed by atoms with E-state index in [1.807, 2.05) is 46.9 Å². The lowest BCUT2D eigenvalue weighted by molar-refractivity contribution is 1.17. The Balaban J connectivity index is 2.93. The van der Waals surface area contributed by atoms with E-state index in [4.69, 9.17) is 0 Å². The summed E-state index contributed by atoms with van der Waals surface area (Å²) in [6, 6.07) is 7.46. The van der Waals surface area contributed by atoms with Crippen LogP contribution in [0.5, 0.6) is 0 Å². The molecule has 0 aliphatic rings. The molecule has 0 aliphatic heterocycles. The summed E-state index contributed by atoms with van der Waals surface area (Å²) in [7, 11) is 0. The number of benzene rings is 1. The molecular weight excluding hydrogens is 267 g/mol. The molecule has 1 aromatic heterocycles. The first kappa shape index (κ1) is 7.72. The van der Waals surface area contributed by atoms with Crippen molar-refractivity contribution in [3.63, 3.8) is 0 Å². The van der Waals surface area contributed by atoms with Crippen molar-refractivity contribution in [1.29, 1.82) is 0 Å². The predicted octanol–water partition coefficient (Wildman–Crippen LogP) is 1.53. The van der Waals surface area contributed by atoms with Crippen molar-refractivity contribution in [2.24, 2.45) is 0 Å². The predicted molar refractivity (Wildman–Crippen MR) is 55.1 cm³/mol. The van der Waals surface area contributed by atoms with Crippen LogP contribution < -0.4 is 5.56 Å². The smallest absolute Gasteiger partial charge is 0.280 e. The van der Waals surface area contributed by atoms with Crippen LogP contribution in [-0.4, -0.2) is 9.97 Å². The molecule has 1 aromatic carbocycles. The fraction of sp³-hybridized carbons (Fsp3) is 0. The molecule has 0 bridgehead atoms. The molecule has 0 saturated heterocycles. The van der Waals surface area contributed by atoms with Crippen LogP contribution in [-0.2, 0) is 0 Å². The van der Waals surface area contributed by atoms with Gasteiger partial charge in [-0.05, 0) is 34.7 Å². The van der Waals surface area contributed by atoms with Crippen LogP contribution in [0.4, 0.5) is 0 Å². The maximum atomic E-state index is 11.1. The average Bonchev–Trinajstić information content (AvgIpc) is 2.07. The molecule has 0 atom stereocenters. The number of hydrogen-bond donors (Lipinski definition) is 1. The number of nitrogens with one attached hydrogen (secondary N) is 1. The lowest BCUT2D eigenvalue weighted by Crippen LogP contribution is -2.11. The van der Waals surface area contributed by atoms with Gasteiger partial charge in [-0.25, -0.2) is 4.98 Å². The fourth-order valence-corrected chi connectivity index (χ4v) is 1.40. The molecule has 0 radical (unpaired) electrons. The van der Waals surface area contributed by atoms with Crippen molar-refractivity contribution < 1.29 is 0 Å². The van der Waals surface area contributed by atoms with Gasteiger partial charge in [-0.3, -0.25) is 4.79 Å². The van der Waals surface area contributed by atoms with Crippen LogP contribution in [0, 0.1) is 3.70 Å². The minimum atomic E-state index is -0.130. The molecule has 2 rings (SSSR count). The summed E-state index contributed by atoms with van der Waals surface area (Å²) < 4.78 is 0.478. The highest BCUT2D eigenvalue weighted by molar-refractivity contribution is 14.1. The minimum absolute atomic E-state index is 0.130. The Morgan fingerprint density at radius 2 is 2.08 bits per heavy atom. The Labute approximate surface area is 82.0 Å². The van der Waals surface area contributed by atoms with Gasteiger partial charge in [-0.15, -0.1) is 0 Å². The number of halogens is 1. The molecule has 0 fully saturated rings. The first-order chi connectivity index (χ1) is 5.77. The van der Waals surface area contributed by atoms with Crippen LogP contribution >= 0.6 is 22.6 Å².